The van der Waals surface area contributed by atoms with Crippen molar-refractivity contribution < 1.29 is 20.1 Å². The molecule has 1 aromatic carbocycles. The summed E-state index contributed by atoms with van der Waals surface area (Å²) in [5, 5.41) is 31.2. The van der Waals surface area contributed by atoms with E-state index in [1.54, 1.807) is 6.07 Å². The molecule has 0 spiro atoms. The number of benzene rings is 1. The Balaban J connectivity index is 2.06. The Labute approximate surface area is 143 Å². The Morgan fingerprint density at radius 2 is 1.96 bits per heavy atom. The maximum Gasteiger partial charge on any atom is 0.132 e. The van der Waals surface area contributed by atoms with Crippen LogP contribution in [-0.2, 0) is 6.42 Å². The third-order valence-corrected chi connectivity index (χ3v) is 5.25. The molecule has 1 aliphatic carbocycles. The van der Waals surface area contributed by atoms with Gasteiger partial charge in [0.15, 0.2) is 0 Å². The zero-order chi connectivity index (χ0) is 17.5. The smallest absolute Gasteiger partial charge is 0.132 e. The summed E-state index contributed by atoms with van der Waals surface area (Å²) in [4.78, 5) is 0. The molecule has 3 N–H and O–H groups in total. The number of phenols is 1. The fraction of sp³-hybridized carbons (Fsp3) is 0.600. The maximum atomic E-state index is 10.6. The van der Waals surface area contributed by atoms with Crippen molar-refractivity contribution in [3.05, 3.63) is 28.8 Å². The number of hydrogen-bond donors (Lipinski definition) is 3. The minimum atomic E-state index is -0.979. The predicted molar refractivity (Wildman–Crippen MR) is 94.2 cm³/mol. The van der Waals surface area contributed by atoms with Crippen LogP contribution in [0.2, 0.25) is 0 Å². The van der Waals surface area contributed by atoms with Gasteiger partial charge in [0.25, 0.3) is 0 Å². The molecule has 4 nitrogen and oxygen atoms in total. The van der Waals surface area contributed by atoms with Crippen LogP contribution < -0.4 is 4.74 Å². The fourth-order valence-electron chi connectivity index (χ4n) is 3.95. The van der Waals surface area contributed by atoms with Crippen LogP contribution in [0.5, 0.6) is 11.5 Å². The molecule has 1 heterocycles. The van der Waals surface area contributed by atoms with Crippen LogP contribution in [-0.4, -0.2) is 33.1 Å². The summed E-state index contributed by atoms with van der Waals surface area (Å²) < 4.78 is 6.19. The van der Waals surface area contributed by atoms with Crippen LogP contribution in [0.1, 0.15) is 64.0 Å². The van der Waals surface area contributed by atoms with E-state index in [4.69, 9.17) is 4.74 Å². The van der Waals surface area contributed by atoms with Gasteiger partial charge in [-0.3, -0.25) is 0 Å². The van der Waals surface area contributed by atoms with Crippen LogP contribution in [0.25, 0.3) is 5.57 Å². The van der Waals surface area contributed by atoms with Gasteiger partial charge in [0.1, 0.15) is 23.2 Å². The molecule has 1 aromatic rings. The topological polar surface area (TPSA) is 69.9 Å². The van der Waals surface area contributed by atoms with Crippen LogP contribution in [0.3, 0.4) is 0 Å². The first-order valence-corrected chi connectivity index (χ1v) is 9.00. The first kappa shape index (κ1) is 17.3. The molecule has 1 aliphatic heterocycles. The lowest BCUT2D eigenvalue weighted by Crippen LogP contribution is -2.42. The van der Waals surface area contributed by atoms with Gasteiger partial charge in [-0.1, -0.05) is 19.8 Å². The van der Waals surface area contributed by atoms with Gasteiger partial charge in [-0.25, -0.2) is 0 Å². The number of unbranched alkanes of at least 4 members (excludes halogenated alkanes) is 2. The van der Waals surface area contributed by atoms with Crippen molar-refractivity contribution in [2.24, 2.45) is 0 Å². The Morgan fingerprint density at radius 1 is 1.21 bits per heavy atom. The van der Waals surface area contributed by atoms with Crippen LogP contribution >= 0.6 is 0 Å². The first-order valence-electron chi connectivity index (χ1n) is 9.00. The summed E-state index contributed by atoms with van der Waals surface area (Å²) in [5.74, 6) is 0.744. The highest BCUT2D eigenvalue weighted by atomic mass is 16.5. The quantitative estimate of drug-likeness (QED) is 0.737. The number of ether oxygens (including phenoxy) is 1. The van der Waals surface area contributed by atoms with Gasteiger partial charge in [-0.05, 0) is 62.8 Å². The lowest BCUT2D eigenvalue weighted by atomic mass is 9.75. The molecule has 0 fully saturated rings. The number of phenolic OH excluding ortho intramolecular Hbond substituents is 1. The van der Waals surface area contributed by atoms with Gasteiger partial charge in [0.05, 0.1) is 11.7 Å². The third-order valence-electron chi connectivity index (χ3n) is 5.25. The Bertz CT molecular complexity index is 660. The van der Waals surface area contributed by atoms with Crippen LogP contribution in [0.15, 0.2) is 17.7 Å². The predicted octanol–water partition coefficient (Wildman–Crippen LogP) is 3.57. The normalized spacial score (nSPS) is 25.0. The largest absolute Gasteiger partial charge is 0.507 e. The van der Waals surface area contributed by atoms with E-state index in [-0.39, 0.29) is 5.75 Å². The van der Waals surface area contributed by atoms with Crippen molar-refractivity contribution in [1.82, 2.24) is 0 Å². The number of hydrogen-bond acceptors (Lipinski definition) is 4. The number of aromatic hydroxyl groups is 1. The lowest BCUT2D eigenvalue weighted by Gasteiger charge is -2.42. The number of aliphatic hydroxyl groups excluding tert-OH is 2. The number of rotatable bonds is 4. The van der Waals surface area contributed by atoms with E-state index < -0.39 is 17.8 Å². The molecule has 0 saturated carbocycles. The fourth-order valence-corrected chi connectivity index (χ4v) is 3.95. The zero-order valence-electron chi connectivity index (χ0n) is 14.8. The average molecular weight is 332 g/mol. The molecule has 2 atom stereocenters. The number of fused-ring (bicyclic) bond motifs is 2. The Hall–Kier alpha value is -1.52. The van der Waals surface area contributed by atoms with E-state index in [2.05, 4.69) is 6.92 Å². The van der Waals surface area contributed by atoms with Crippen molar-refractivity contribution in [2.45, 2.75) is 77.1 Å². The van der Waals surface area contributed by atoms with Gasteiger partial charge in [-0.15, -0.1) is 0 Å². The summed E-state index contributed by atoms with van der Waals surface area (Å²) in [6.07, 6.45) is 3.69. The molecule has 0 saturated heterocycles. The summed E-state index contributed by atoms with van der Waals surface area (Å²) in [5.41, 5.74) is 2.68. The number of aryl methyl sites for hydroxylation is 1. The minimum absolute atomic E-state index is 0.134. The Morgan fingerprint density at radius 3 is 2.67 bits per heavy atom. The second-order valence-corrected chi connectivity index (χ2v) is 7.50. The summed E-state index contributed by atoms with van der Waals surface area (Å²) in [6.45, 7) is 6.13. The van der Waals surface area contributed by atoms with Crippen molar-refractivity contribution >= 4 is 5.57 Å². The van der Waals surface area contributed by atoms with E-state index in [0.29, 0.717) is 29.7 Å². The van der Waals surface area contributed by atoms with Crippen molar-refractivity contribution in [3.8, 4) is 11.5 Å². The number of aliphatic hydroxyl groups is 2. The molecule has 0 aromatic heterocycles. The monoisotopic (exact) mass is 332 g/mol. The molecule has 0 unspecified atom stereocenters. The summed E-state index contributed by atoms with van der Waals surface area (Å²) >= 11 is 0. The van der Waals surface area contributed by atoms with Gasteiger partial charge in [0.2, 0.25) is 0 Å². The van der Waals surface area contributed by atoms with Crippen molar-refractivity contribution in [2.75, 3.05) is 0 Å². The highest BCUT2D eigenvalue weighted by Crippen LogP contribution is 2.50. The lowest BCUT2D eigenvalue weighted by molar-refractivity contribution is 0.0336. The van der Waals surface area contributed by atoms with Gasteiger partial charge >= 0.3 is 0 Å². The van der Waals surface area contributed by atoms with Crippen molar-refractivity contribution in [1.29, 1.82) is 0 Å². The second kappa shape index (κ2) is 6.41. The van der Waals surface area contributed by atoms with E-state index in [0.717, 1.165) is 36.8 Å². The molecular formula is C20H28O4. The molecule has 0 amide bonds. The molecule has 0 radical (unpaired) electrons. The highest BCUT2D eigenvalue weighted by Gasteiger charge is 2.43. The van der Waals surface area contributed by atoms with E-state index >= 15 is 0 Å². The van der Waals surface area contributed by atoms with E-state index in [1.807, 2.05) is 19.9 Å². The molecule has 24 heavy (non-hydrogen) atoms. The van der Waals surface area contributed by atoms with Gasteiger partial charge in [0, 0.05) is 5.57 Å². The minimum Gasteiger partial charge on any atom is -0.507 e. The molecule has 132 valence electrons. The summed E-state index contributed by atoms with van der Waals surface area (Å²) in [6, 6.07) is 3.75. The second-order valence-electron chi connectivity index (χ2n) is 7.50. The van der Waals surface area contributed by atoms with Crippen LogP contribution in [0.4, 0.5) is 0 Å². The average Bonchev–Trinajstić information content (AvgIpc) is 2.50. The first-order chi connectivity index (χ1) is 11.3. The molecule has 0 bridgehead atoms. The molecule has 2 aliphatic rings. The van der Waals surface area contributed by atoms with Gasteiger partial charge in [-0.2, -0.15) is 0 Å². The molecule has 4 heteroatoms. The molecular weight excluding hydrogens is 304 g/mol. The zero-order valence-corrected chi connectivity index (χ0v) is 14.8. The maximum absolute atomic E-state index is 10.6. The third kappa shape index (κ3) is 2.93. The van der Waals surface area contributed by atoms with Crippen molar-refractivity contribution in [3.63, 3.8) is 0 Å². The molecule has 3 rings (SSSR count). The highest BCUT2D eigenvalue weighted by molar-refractivity contribution is 5.83. The SMILES string of the molecule is CCCCCc1cc(O)c2c(c1)OC(C)(C)C1=C2[C@H](O)[C@@H](O)CC1. The van der Waals surface area contributed by atoms with Crippen LogP contribution in [0, 0.1) is 0 Å². The summed E-state index contributed by atoms with van der Waals surface area (Å²) in [7, 11) is 0. The van der Waals surface area contributed by atoms with Gasteiger partial charge < -0.3 is 20.1 Å². The van der Waals surface area contributed by atoms with E-state index in [9.17, 15) is 15.3 Å². The van der Waals surface area contributed by atoms with E-state index in [1.165, 1.54) is 0 Å². The standard InChI is InChI=1S/C20H28O4/c1-4-5-6-7-12-10-15(22)18-16(11-12)24-20(2,3)13-8-9-14(21)19(23)17(13)18/h10-11,14,19,21-23H,4-9H2,1-3H3/t14-,19+/m0/s1. The Kier molecular flexibility index (Phi) is 4.63.